The second kappa shape index (κ2) is 7.10. The van der Waals surface area contributed by atoms with Gasteiger partial charge in [-0.15, -0.1) is 6.58 Å². The van der Waals surface area contributed by atoms with Gasteiger partial charge in [-0.3, -0.25) is 9.59 Å². The van der Waals surface area contributed by atoms with Crippen LogP contribution in [0, 0.1) is 17.8 Å². The van der Waals surface area contributed by atoms with Crippen molar-refractivity contribution in [2.45, 2.75) is 65.3 Å². The molecule has 1 saturated carbocycles. The Bertz CT molecular complexity index is 406. The number of primary amides is 1. The van der Waals surface area contributed by atoms with Gasteiger partial charge >= 0.3 is 0 Å². The summed E-state index contributed by atoms with van der Waals surface area (Å²) in [7, 11) is 0. The summed E-state index contributed by atoms with van der Waals surface area (Å²) in [5.41, 5.74) is 6.16. The molecule has 0 radical (unpaired) electrons. The SMILES string of the molecule is C=C(C)C[C@@H](C(=O)NC(C)(C)C)C(CCC1CC1)C(N)=O. The average molecular weight is 294 g/mol. The van der Waals surface area contributed by atoms with Crippen LogP contribution >= 0.6 is 0 Å². The van der Waals surface area contributed by atoms with Crippen LogP contribution < -0.4 is 11.1 Å². The third-order valence-electron chi connectivity index (χ3n) is 3.84. The molecule has 1 aliphatic rings. The predicted octanol–water partition coefficient (Wildman–Crippen LogP) is 2.78. The van der Waals surface area contributed by atoms with Gasteiger partial charge in [-0.25, -0.2) is 0 Å². The highest BCUT2D eigenvalue weighted by atomic mass is 16.2. The fraction of sp³-hybridized carbons (Fsp3) is 0.765. The van der Waals surface area contributed by atoms with Gasteiger partial charge in [0, 0.05) is 11.5 Å². The molecular weight excluding hydrogens is 264 g/mol. The van der Waals surface area contributed by atoms with E-state index in [9.17, 15) is 9.59 Å². The maximum absolute atomic E-state index is 12.5. The van der Waals surface area contributed by atoms with E-state index in [2.05, 4.69) is 11.9 Å². The zero-order valence-corrected chi connectivity index (χ0v) is 13.9. The Balaban J connectivity index is 2.81. The number of carbonyl (C=O) groups is 2. The summed E-state index contributed by atoms with van der Waals surface area (Å²) in [6.07, 6.45) is 4.69. The molecule has 2 amide bonds. The topological polar surface area (TPSA) is 72.2 Å². The van der Waals surface area contributed by atoms with E-state index in [0.717, 1.165) is 17.9 Å². The average Bonchev–Trinajstić information content (AvgIpc) is 3.08. The van der Waals surface area contributed by atoms with E-state index in [1.54, 1.807) is 0 Å². The van der Waals surface area contributed by atoms with Crippen molar-refractivity contribution in [3.63, 3.8) is 0 Å². The Morgan fingerprint density at radius 3 is 2.24 bits per heavy atom. The number of amides is 2. The molecule has 0 aromatic carbocycles. The first-order valence-corrected chi connectivity index (χ1v) is 7.86. The zero-order chi connectivity index (χ0) is 16.2. The molecule has 0 spiro atoms. The first-order valence-electron chi connectivity index (χ1n) is 7.86. The van der Waals surface area contributed by atoms with Crippen molar-refractivity contribution in [2.75, 3.05) is 0 Å². The van der Waals surface area contributed by atoms with Gasteiger partial charge < -0.3 is 11.1 Å². The maximum atomic E-state index is 12.5. The molecule has 0 aliphatic heterocycles. The van der Waals surface area contributed by atoms with Gasteiger partial charge in [0.05, 0.1) is 5.92 Å². The summed E-state index contributed by atoms with van der Waals surface area (Å²) in [6, 6.07) is 0. The highest BCUT2D eigenvalue weighted by Crippen LogP contribution is 2.36. The van der Waals surface area contributed by atoms with Crippen LogP contribution in [0.5, 0.6) is 0 Å². The molecule has 0 saturated heterocycles. The number of hydrogen-bond acceptors (Lipinski definition) is 2. The van der Waals surface area contributed by atoms with E-state index in [0.29, 0.717) is 12.8 Å². The minimum absolute atomic E-state index is 0.0925. The quantitative estimate of drug-likeness (QED) is 0.676. The van der Waals surface area contributed by atoms with Crippen molar-refractivity contribution in [3.8, 4) is 0 Å². The first kappa shape index (κ1) is 17.7. The standard InChI is InChI=1S/C17H30N2O2/c1-11(2)10-14(16(21)19-17(3,4)5)13(15(18)20)9-8-12-6-7-12/h12-14H,1,6-10H2,2-5H3,(H2,18,20)(H,19,21)/t13?,14-/m1/s1. The summed E-state index contributed by atoms with van der Waals surface area (Å²) in [6.45, 7) is 11.6. The lowest BCUT2D eigenvalue weighted by atomic mass is 9.82. The van der Waals surface area contributed by atoms with Crippen LogP contribution in [0.25, 0.3) is 0 Å². The smallest absolute Gasteiger partial charge is 0.224 e. The molecule has 0 bridgehead atoms. The molecule has 0 heterocycles. The number of allylic oxidation sites excluding steroid dienone is 1. The minimum Gasteiger partial charge on any atom is -0.369 e. The van der Waals surface area contributed by atoms with Gasteiger partial charge in [0.15, 0.2) is 0 Å². The van der Waals surface area contributed by atoms with Crippen LogP contribution in [0.1, 0.15) is 59.8 Å². The predicted molar refractivity (Wildman–Crippen MR) is 85.5 cm³/mol. The second-order valence-corrected chi connectivity index (χ2v) is 7.54. The van der Waals surface area contributed by atoms with Gasteiger partial charge in [0.2, 0.25) is 11.8 Å². The molecule has 1 unspecified atom stereocenters. The molecule has 0 aromatic rings. The Morgan fingerprint density at radius 2 is 1.86 bits per heavy atom. The molecule has 0 aromatic heterocycles. The Labute approximate surface area is 128 Å². The van der Waals surface area contributed by atoms with E-state index in [1.807, 2.05) is 27.7 Å². The Kier molecular flexibility index (Phi) is 5.99. The maximum Gasteiger partial charge on any atom is 0.224 e. The number of hydrogen-bond donors (Lipinski definition) is 2. The summed E-state index contributed by atoms with van der Waals surface area (Å²) < 4.78 is 0. The molecule has 1 aliphatic carbocycles. The third-order valence-corrected chi connectivity index (χ3v) is 3.84. The molecule has 2 atom stereocenters. The molecule has 120 valence electrons. The zero-order valence-electron chi connectivity index (χ0n) is 13.9. The first-order chi connectivity index (χ1) is 9.60. The second-order valence-electron chi connectivity index (χ2n) is 7.54. The number of rotatable bonds is 8. The monoisotopic (exact) mass is 294 g/mol. The van der Waals surface area contributed by atoms with Gasteiger partial charge in [-0.05, 0) is 52.9 Å². The summed E-state index contributed by atoms with van der Waals surface area (Å²) in [5, 5.41) is 2.98. The molecule has 4 heteroatoms. The van der Waals surface area contributed by atoms with Crippen LogP contribution in [0.3, 0.4) is 0 Å². The number of nitrogens with two attached hydrogens (primary N) is 1. The minimum atomic E-state index is -0.405. The van der Waals surface area contributed by atoms with Crippen LogP contribution in [0.2, 0.25) is 0 Å². The number of carbonyl (C=O) groups excluding carboxylic acids is 2. The highest BCUT2D eigenvalue weighted by Gasteiger charge is 2.35. The van der Waals surface area contributed by atoms with Gasteiger partial charge in [-0.2, -0.15) is 0 Å². The molecular formula is C17H30N2O2. The molecule has 1 rings (SSSR count). The largest absolute Gasteiger partial charge is 0.369 e. The van der Waals surface area contributed by atoms with E-state index < -0.39 is 11.8 Å². The highest BCUT2D eigenvalue weighted by molar-refractivity contribution is 5.87. The van der Waals surface area contributed by atoms with Crippen molar-refractivity contribution < 1.29 is 9.59 Å². The lowest BCUT2D eigenvalue weighted by molar-refractivity contribution is -0.134. The molecule has 4 nitrogen and oxygen atoms in total. The van der Waals surface area contributed by atoms with Crippen LogP contribution in [-0.4, -0.2) is 17.4 Å². The fourth-order valence-electron chi connectivity index (χ4n) is 2.62. The van der Waals surface area contributed by atoms with E-state index in [1.165, 1.54) is 12.8 Å². The van der Waals surface area contributed by atoms with Crippen molar-refractivity contribution in [1.29, 1.82) is 0 Å². The van der Waals surface area contributed by atoms with Gasteiger partial charge in [-0.1, -0.05) is 18.4 Å². The van der Waals surface area contributed by atoms with Crippen LogP contribution in [0.4, 0.5) is 0 Å². The van der Waals surface area contributed by atoms with E-state index >= 15 is 0 Å². The summed E-state index contributed by atoms with van der Waals surface area (Å²) in [5.74, 6) is -0.540. The summed E-state index contributed by atoms with van der Waals surface area (Å²) >= 11 is 0. The van der Waals surface area contributed by atoms with E-state index in [-0.39, 0.29) is 17.4 Å². The molecule has 3 N–H and O–H groups in total. The van der Waals surface area contributed by atoms with Crippen molar-refractivity contribution >= 4 is 11.8 Å². The third kappa shape index (κ3) is 6.78. The summed E-state index contributed by atoms with van der Waals surface area (Å²) in [4.78, 5) is 24.4. The molecule has 1 fully saturated rings. The van der Waals surface area contributed by atoms with Crippen LogP contribution in [-0.2, 0) is 9.59 Å². The Morgan fingerprint density at radius 1 is 1.29 bits per heavy atom. The van der Waals surface area contributed by atoms with Crippen LogP contribution in [0.15, 0.2) is 12.2 Å². The van der Waals surface area contributed by atoms with E-state index in [4.69, 9.17) is 5.73 Å². The normalized spacial score (nSPS) is 17.9. The fourth-order valence-corrected chi connectivity index (χ4v) is 2.62. The van der Waals surface area contributed by atoms with Gasteiger partial charge in [0.1, 0.15) is 0 Å². The lowest BCUT2D eigenvalue weighted by Crippen LogP contribution is -2.47. The molecule has 21 heavy (non-hydrogen) atoms. The van der Waals surface area contributed by atoms with Crippen molar-refractivity contribution in [3.05, 3.63) is 12.2 Å². The lowest BCUT2D eigenvalue weighted by Gasteiger charge is -2.29. The number of nitrogens with one attached hydrogen (secondary N) is 1. The Hall–Kier alpha value is -1.32. The van der Waals surface area contributed by atoms with Crippen molar-refractivity contribution in [2.24, 2.45) is 23.5 Å². The van der Waals surface area contributed by atoms with Crippen molar-refractivity contribution in [1.82, 2.24) is 5.32 Å². The van der Waals surface area contributed by atoms with Gasteiger partial charge in [0.25, 0.3) is 0 Å².